The summed E-state index contributed by atoms with van der Waals surface area (Å²) >= 11 is 1.37. The van der Waals surface area contributed by atoms with Gasteiger partial charge in [0.05, 0.1) is 12.5 Å². The highest BCUT2D eigenvalue weighted by atomic mass is 32.2. The summed E-state index contributed by atoms with van der Waals surface area (Å²) in [5.41, 5.74) is 0. The summed E-state index contributed by atoms with van der Waals surface area (Å²) < 4.78 is 13.5. The Hall–Kier alpha value is -1.60. The van der Waals surface area contributed by atoms with Crippen molar-refractivity contribution in [2.24, 2.45) is 0 Å². The second kappa shape index (κ2) is 7.42. The minimum absolute atomic E-state index is 0.212. The number of thioether (sulfide) groups is 1. The zero-order chi connectivity index (χ0) is 15.2. The van der Waals surface area contributed by atoms with Gasteiger partial charge in [-0.15, -0.1) is 11.8 Å². The summed E-state index contributed by atoms with van der Waals surface area (Å²) in [7, 11) is 0. The number of carbonyl (C=O) groups excluding carboxylic acids is 1. The first-order valence-corrected chi connectivity index (χ1v) is 7.67. The maximum absolute atomic E-state index is 13.5. The molecule has 1 aliphatic rings. The molecule has 1 aromatic rings. The number of carboxylic acid groups (broad SMARTS) is 1. The lowest BCUT2D eigenvalue weighted by molar-refractivity contribution is -0.143. The molecule has 1 aromatic carbocycles. The van der Waals surface area contributed by atoms with Crippen LogP contribution in [-0.2, 0) is 9.59 Å². The third kappa shape index (κ3) is 4.44. The molecule has 1 heterocycles. The average molecular weight is 312 g/mol. The summed E-state index contributed by atoms with van der Waals surface area (Å²) in [6.07, 6.45) is -0.212. The molecule has 2 N–H and O–H groups in total. The number of amides is 1. The number of aliphatic carboxylic acids is 1. The van der Waals surface area contributed by atoms with Crippen molar-refractivity contribution in [1.29, 1.82) is 0 Å². The van der Waals surface area contributed by atoms with E-state index < -0.39 is 12.0 Å². The zero-order valence-electron chi connectivity index (χ0n) is 11.4. The lowest BCUT2D eigenvalue weighted by Gasteiger charge is -2.34. The Morgan fingerprint density at radius 3 is 2.95 bits per heavy atom. The van der Waals surface area contributed by atoms with Gasteiger partial charge in [0.25, 0.3) is 0 Å². The number of nitrogens with one attached hydrogen (secondary N) is 1. The molecule has 114 valence electrons. The van der Waals surface area contributed by atoms with Crippen molar-refractivity contribution in [1.82, 2.24) is 10.2 Å². The number of hydrogen-bond donors (Lipinski definition) is 2. The monoisotopic (exact) mass is 312 g/mol. The molecule has 0 bridgehead atoms. The van der Waals surface area contributed by atoms with E-state index >= 15 is 0 Å². The van der Waals surface area contributed by atoms with Gasteiger partial charge in [-0.05, 0) is 12.1 Å². The van der Waals surface area contributed by atoms with Crippen molar-refractivity contribution < 1.29 is 19.1 Å². The molecule has 0 saturated carbocycles. The standard InChI is InChI=1S/C14H17FN2O3S/c15-10-3-1-2-4-12(10)21-8-7-17-6-5-16-14(20)11(17)9-13(18)19/h1-4,11H,5-9H2,(H,16,20)(H,18,19). The minimum Gasteiger partial charge on any atom is -0.481 e. The van der Waals surface area contributed by atoms with Crippen molar-refractivity contribution in [3.05, 3.63) is 30.1 Å². The maximum Gasteiger partial charge on any atom is 0.305 e. The number of benzene rings is 1. The summed E-state index contributed by atoms with van der Waals surface area (Å²) in [4.78, 5) is 25.0. The number of carboxylic acids is 1. The van der Waals surface area contributed by atoms with Crippen LogP contribution in [0, 0.1) is 5.82 Å². The Morgan fingerprint density at radius 1 is 1.48 bits per heavy atom. The summed E-state index contributed by atoms with van der Waals surface area (Å²) in [5.74, 6) is -0.908. The Balaban J connectivity index is 1.89. The smallest absolute Gasteiger partial charge is 0.305 e. The van der Waals surface area contributed by atoms with Crippen molar-refractivity contribution >= 4 is 23.6 Å². The second-order valence-corrected chi connectivity index (χ2v) is 5.86. The first-order valence-electron chi connectivity index (χ1n) is 6.69. The van der Waals surface area contributed by atoms with Crippen molar-refractivity contribution in [3.63, 3.8) is 0 Å². The summed E-state index contributed by atoms with van der Waals surface area (Å²) in [6.45, 7) is 1.67. The highest BCUT2D eigenvalue weighted by Crippen LogP contribution is 2.21. The largest absolute Gasteiger partial charge is 0.481 e. The fourth-order valence-corrected chi connectivity index (χ4v) is 3.18. The fraction of sp³-hybridized carbons (Fsp3) is 0.429. The molecular weight excluding hydrogens is 295 g/mol. The molecule has 1 atom stereocenters. The van der Waals surface area contributed by atoms with Gasteiger partial charge in [0.2, 0.25) is 5.91 Å². The van der Waals surface area contributed by atoms with Crippen LogP contribution in [0.2, 0.25) is 0 Å². The third-order valence-corrected chi connectivity index (χ3v) is 4.31. The van der Waals surface area contributed by atoms with Crippen LogP contribution in [0.15, 0.2) is 29.2 Å². The topological polar surface area (TPSA) is 69.6 Å². The first kappa shape index (κ1) is 15.8. The van der Waals surface area contributed by atoms with E-state index in [4.69, 9.17) is 5.11 Å². The van der Waals surface area contributed by atoms with E-state index in [-0.39, 0.29) is 18.1 Å². The minimum atomic E-state index is -0.996. The van der Waals surface area contributed by atoms with Gasteiger partial charge in [-0.2, -0.15) is 0 Å². The second-order valence-electron chi connectivity index (χ2n) is 4.72. The number of rotatable bonds is 6. The van der Waals surface area contributed by atoms with E-state index in [0.717, 1.165) is 0 Å². The molecule has 21 heavy (non-hydrogen) atoms. The highest BCUT2D eigenvalue weighted by molar-refractivity contribution is 7.99. The predicted molar refractivity (Wildman–Crippen MR) is 77.7 cm³/mol. The molecule has 0 spiro atoms. The molecule has 1 amide bonds. The van der Waals surface area contributed by atoms with Gasteiger partial charge in [0.15, 0.2) is 0 Å². The molecule has 1 aliphatic heterocycles. The van der Waals surface area contributed by atoms with Crippen LogP contribution in [0.4, 0.5) is 4.39 Å². The first-order chi connectivity index (χ1) is 10.1. The normalized spacial score (nSPS) is 19.3. The Morgan fingerprint density at radius 2 is 2.24 bits per heavy atom. The van der Waals surface area contributed by atoms with Crippen LogP contribution in [-0.4, -0.2) is 53.3 Å². The molecule has 1 fully saturated rings. The number of halogens is 1. The average Bonchev–Trinajstić information content (AvgIpc) is 2.44. The third-order valence-electron chi connectivity index (χ3n) is 3.28. The van der Waals surface area contributed by atoms with Crippen molar-refractivity contribution in [3.8, 4) is 0 Å². The van der Waals surface area contributed by atoms with E-state index in [0.29, 0.717) is 30.3 Å². The van der Waals surface area contributed by atoms with Gasteiger partial charge in [-0.25, -0.2) is 4.39 Å². The molecule has 2 rings (SSSR count). The quantitative estimate of drug-likeness (QED) is 0.772. The fourth-order valence-electron chi connectivity index (χ4n) is 2.25. The van der Waals surface area contributed by atoms with E-state index in [1.807, 2.05) is 4.90 Å². The van der Waals surface area contributed by atoms with Gasteiger partial charge in [0, 0.05) is 30.3 Å². The van der Waals surface area contributed by atoms with Crippen LogP contribution in [0.3, 0.4) is 0 Å². The van der Waals surface area contributed by atoms with E-state index in [9.17, 15) is 14.0 Å². The van der Waals surface area contributed by atoms with Crippen molar-refractivity contribution in [2.45, 2.75) is 17.4 Å². The van der Waals surface area contributed by atoms with Crippen LogP contribution < -0.4 is 5.32 Å². The van der Waals surface area contributed by atoms with E-state index in [1.165, 1.54) is 17.8 Å². The lowest BCUT2D eigenvalue weighted by Crippen LogP contribution is -2.56. The number of nitrogens with zero attached hydrogens (tertiary/aromatic N) is 1. The molecule has 0 radical (unpaired) electrons. The molecular formula is C14H17FN2O3S. The molecule has 0 aromatic heterocycles. The number of piperazine rings is 1. The predicted octanol–water partition coefficient (Wildman–Crippen LogP) is 1.19. The summed E-state index contributed by atoms with van der Waals surface area (Å²) in [5, 5.41) is 11.6. The lowest BCUT2D eigenvalue weighted by atomic mass is 10.1. The Kier molecular flexibility index (Phi) is 5.58. The van der Waals surface area contributed by atoms with Gasteiger partial charge in [-0.3, -0.25) is 14.5 Å². The molecule has 1 saturated heterocycles. The SMILES string of the molecule is O=C(O)CC1C(=O)NCCN1CCSc1ccccc1F. The Labute approximate surface area is 126 Å². The van der Waals surface area contributed by atoms with Crippen LogP contribution in [0.1, 0.15) is 6.42 Å². The van der Waals surface area contributed by atoms with Crippen molar-refractivity contribution in [2.75, 3.05) is 25.4 Å². The zero-order valence-corrected chi connectivity index (χ0v) is 12.2. The summed E-state index contributed by atoms with van der Waals surface area (Å²) in [6, 6.07) is 5.88. The highest BCUT2D eigenvalue weighted by Gasteiger charge is 2.31. The van der Waals surface area contributed by atoms with Gasteiger partial charge in [-0.1, -0.05) is 12.1 Å². The van der Waals surface area contributed by atoms with Crippen LogP contribution in [0.5, 0.6) is 0 Å². The molecule has 7 heteroatoms. The molecule has 5 nitrogen and oxygen atoms in total. The van der Waals surface area contributed by atoms with Gasteiger partial charge in [0.1, 0.15) is 5.82 Å². The van der Waals surface area contributed by atoms with Crippen LogP contribution in [0.25, 0.3) is 0 Å². The van der Waals surface area contributed by atoms with Gasteiger partial charge >= 0.3 is 5.97 Å². The molecule has 0 aliphatic carbocycles. The van der Waals surface area contributed by atoms with Crippen LogP contribution >= 0.6 is 11.8 Å². The Bertz CT molecular complexity index is 527. The van der Waals surface area contributed by atoms with Gasteiger partial charge < -0.3 is 10.4 Å². The van der Waals surface area contributed by atoms with E-state index in [1.54, 1.807) is 18.2 Å². The maximum atomic E-state index is 13.5. The molecule has 1 unspecified atom stereocenters. The number of hydrogen-bond acceptors (Lipinski definition) is 4. The number of carbonyl (C=O) groups is 2. The van der Waals surface area contributed by atoms with E-state index in [2.05, 4.69) is 5.32 Å².